The Morgan fingerprint density at radius 3 is 1.89 bits per heavy atom. The molecule has 0 spiro atoms. The molecule has 2 N–H and O–H groups in total. The molecule has 0 aromatic heterocycles. The van der Waals surface area contributed by atoms with Crippen LogP contribution in [0.1, 0.15) is 74.1 Å². The van der Waals surface area contributed by atoms with E-state index in [0.29, 0.717) is 11.5 Å². The second-order valence-corrected chi connectivity index (χ2v) is 7.41. The summed E-state index contributed by atoms with van der Waals surface area (Å²) in [7, 11) is 0. The Hall–Kier alpha value is -0.0800. The van der Waals surface area contributed by atoms with Gasteiger partial charge in [-0.3, -0.25) is 0 Å². The summed E-state index contributed by atoms with van der Waals surface area (Å²) in [5, 5.41) is 0. The third-order valence-electron chi connectivity index (χ3n) is 3.61. The molecule has 0 amide bonds. The molecule has 0 radical (unpaired) electrons. The maximum Gasteiger partial charge on any atom is 0.0161 e. The van der Waals surface area contributed by atoms with Crippen molar-refractivity contribution in [3.05, 3.63) is 0 Å². The quantitative estimate of drug-likeness (QED) is 0.664. The summed E-state index contributed by atoms with van der Waals surface area (Å²) in [5.41, 5.74) is 6.46. The van der Waals surface area contributed by atoms with Gasteiger partial charge in [0.2, 0.25) is 0 Å². The van der Waals surface area contributed by atoms with Gasteiger partial charge >= 0.3 is 0 Å². The summed E-state index contributed by atoms with van der Waals surface area (Å²) in [6.45, 7) is 18.2. The minimum Gasteiger partial charge on any atom is -0.326 e. The monoisotopic (exact) mass is 256 g/mol. The van der Waals surface area contributed by atoms with Crippen molar-refractivity contribution in [2.24, 2.45) is 11.1 Å². The van der Waals surface area contributed by atoms with Gasteiger partial charge in [-0.25, -0.2) is 0 Å². The average molecular weight is 256 g/mol. The van der Waals surface area contributed by atoms with Gasteiger partial charge in [-0.15, -0.1) is 0 Å². The van der Waals surface area contributed by atoms with E-state index < -0.39 is 0 Å². The normalized spacial score (nSPS) is 15.2. The van der Waals surface area contributed by atoms with Crippen LogP contribution in [0.5, 0.6) is 0 Å². The molecule has 2 heteroatoms. The van der Waals surface area contributed by atoms with Crippen LogP contribution in [-0.4, -0.2) is 29.6 Å². The van der Waals surface area contributed by atoms with Crippen LogP contribution in [0.3, 0.4) is 0 Å². The molecule has 0 bridgehead atoms. The molecular weight excluding hydrogens is 220 g/mol. The van der Waals surface area contributed by atoms with Gasteiger partial charge in [-0.1, -0.05) is 47.5 Å². The predicted octanol–water partition coefficient (Wildman–Crippen LogP) is 4.04. The number of rotatable bonds is 8. The van der Waals surface area contributed by atoms with Gasteiger partial charge < -0.3 is 10.6 Å². The first-order chi connectivity index (χ1) is 8.11. The molecule has 1 atom stereocenters. The zero-order chi connectivity index (χ0) is 14.4. The molecule has 0 saturated carbocycles. The van der Waals surface area contributed by atoms with E-state index in [1.165, 1.54) is 25.8 Å². The topological polar surface area (TPSA) is 29.3 Å². The Morgan fingerprint density at radius 1 is 1.00 bits per heavy atom. The lowest BCUT2D eigenvalue weighted by atomic mass is 9.79. The molecule has 0 fully saturated rings. The minimum absolute atomic E-state index is 0.0872. The Labute approximate surface area is 115 Å². The zero-order valence-corrected chi connectivity index (χ0v) is 13.8. The van der Waals surface area contributed by atoms with E-state index in [4.69, 9.17) is 5.73 Å². The number of nitrogens with zero attached hydrogens (tertiary/aromatic N) is 1. The summed E-state index contributed by atoms with van der Waals surface area (Å²) in [6.07, 6.45) is 5.00. The lowest BCUT2D eigenvalue weighted by Crippen LogP contribution is -2.50. The average Bonchev–Trinajstić information content (AvgIpc) is 2.19. The number of hydrogen-bond acceptors (Lipinski definition) is 2. The van der Waals surface area contributed by atoms with Crippen LogP contribution in [0.25, 0.3) is 0 Å². The molecule has 0 aromatic carbocycles. The first-order valence-electron chi connectivity index (χ1n) is 7.64. The maximum absolute atomic E-state index is 6.25. The molecule has 18 heavy (non-hydrogen) atoms. The van der Waals surface area contributed by atoms with Gasteiger partial charge in [0, 0.05) is 11.6 Å². The summed E-state index contributed by atoms with van der Waals surface area (Å²) in [4.78, 5) is 2.63. The largest absolute Gasteiger partial charge is 0.326 e. The minimum atomic E-state index is -0.0872. The molecule has 0 aliphatic carbocycles. The van der Waals surface area contributed by atoms with Gasteiger partial charge in [-0.05, 0) is 45.2 Å². The molecular formula is C16H36N2. The van der Waals surface area contributed by atoms with Crippen molar-refractivity contribution >= 4 is 0 Å². The number of hydrogen-bond donors (Lipinski definition) is 1. The van der Waals surface area contributed by atoms with Crippen LogP contribution in [0.15, 0.2) is 0 Å². The molecule has 1 unspecified atom stereocenters. The van der Waals surface area contributed by atoms with Crippen LogP contribution >= 0.6 is 0 Å². The van der Waals surface area contributed by atoms with Crippen molar-refractivity contribution in [2.75, 3.05) is 13.1 Å². The highest BCUT2D eigenvalue weighted by atomic mass is 15.2. The van der Waals surface area contributed by atoms with Gasteiger partial charge in [-0.2, -0.15) is 0 Å². The lowest BCUT2D eigenvalue weighted by molar-refractivity contribution is 0.0788. The van der Waals surface area contributed by atoms with E-state index in [1.54, 1.807) is 0 Å². The smallest absolute Gasteiger partial charge is 0.0161 e. The highest BCUT2D eigenvalue weighted by Gasteiger charge is 2.32. The molecule has 0 aliphatic heterocycles. The van der Waals surface area contributed by atoms with Gasteiger partial charge in [0.15, 0.2) is 0 Å². The van der Waals surface area contributed by atoms with E-state index in [-0.39, 0.29) is 5.54 Å². The lowest BCUT2D eigenvalue weighted by Gasteiger charge is -2.43. The fourth-order valence-electron chi connectivity index (χ4n) is 2.58. The van der Waals surface area contributed by atoms with Crippen LogP contribution < -0.4 is 5.73 Å². The SMILES string of the molecule is CCCCCN(CC)C(CC(C)(C)N)C(C)(C)C. The van der Waals surface area contributed by atoms with Crippen molar-refractivity contribution in [1.29, 1.82) is 0 Å². The van der Waals surface area contributed by atoms with E-state index in [2.05, 4.69) is 53.4 Å². The van der Waals surface area contributed by atoms with Crippen molar-refractivity contribution in [2.45, 2.75) is 85.7 Å². The maximum atomic E-state index is 6.25. The fourth-order valence-corrected chi connectivity index (χ4v) is 2.58. The molecule has 0 rings (SSSR count). The third-order valence-corrected chi connectivity index (χ3v) is 3.61. The second kappa shape index (κ2) is 7.49. The third kappa shape index (κ3) is 7.38. The highest BCUT2D eigenvalue weighted by Crippen LogP contribution is 2.30. The Bertz CT molecular complexity index is 210. The van der Waals surface area contributed by atoms with Crippen molar-refractivity contribution in [3.63, 3.8) is 0 Å². The molecule has 110 valence electrons. The Balaban J connectivity index is 4.69. The van der Waals surface area contributed by atoms with Crippen molar-refractivity contribution < 1.29 is 0 Å². The molecule has 0 saturated heterocycles. The molecule has 0 aromatic rings. The molecule has 0 aliphatic rings. The zero-order valence-electron chi connectivity index (χ0n) is 13.8. The standard InChI is InChI=1S/C16H36N2/c1-8-10-11-12-18(9-2)14(15(3,4)5)13-16(6,7)17/h14H,8-13,17H2,1-7H3. The summed E-state index contributed by atoms with van der Waals surface area (Å²) < 4.78 is 0. The fraction of sp³-hybridized carbons (Fsp3) is 1.00. The molecule has 0 heterocycles. The highest BCUT2D eigenvalue weighted by molar-refractivity contribution is 4.89. The molecule has 2 nitrogen and oxygen atoms in total. The van der Waals surface area contributed by atoms with E-state index in [1.807, 2.05) is 0 Å². The first kappa shape index (κ1) is 17.9. The summed E-state index contributed by atoms with van der Waals surface area (Å²) in [6, 6.07) is 0.569. The van der Waals surface area contributed by atoms with E-state index in [0.717, 1.165) is 13.0 Å². The van der Waals surface area contributed by atoms with Gasteiger partial charge in [0.25, 0.3) is 0 Å². The number of nitrogens with two attached hydrogens (primary N) is 1. The van der Waals surface area contributed by atoms with E-state index in [9.17, 15) is 0 Å². The van der Waals surface area contributed by atoms with Gasteiger partial charge in [0.1, 0.15) is 0 Å². The van der Waals surface area contributed by atoms with Gasteiger partial charge in [0.05, 0.1) is 0 Å². The van der Waals surface area contributed by atoms with Crippen molar-refractivity contribution in [1.82, 2.24) is 4.90 Å². The predicted molar refractivity (Wildman–Crippen MR) is 82.9 cm³/mol. The van der Waals surface area contributed by atoms with Crippen molar-refractivity contribution in [3.8, 4) is 0 Å². The Morgan fingerprint density at radius 2 is 1.56 bits per heavy atom. The summed E-state index contributed by atoms with van der Waals surface area (Å²) in [5.74, 6) is 0. The second-order valence-electron chi connectivity index (χ2n) is 7.41. The number of unbranched alkanes of at least 4 members (excludes halogenated alkanes) is 2. The summed E-state index contributed by atoms with van der Waals surface area (Å²) >= 11 is 0. The van der Waals surface area contributed by atoms with Crippen LogP contribution in [0.2, 0.25) is 0 Å². The van der Waals surface area contributed by atoms with Crippen LogP contribution in [-0.2, 0) is 0 Å². The van der Waals surface area contributed by atoms with Crippen LogP contribution in [0, 0.1) is 5.41 Å². The van der Waals surface area contributed by atoms with Crippen LogP contribution in [0.4, 0.5) is 0 Å². The van der Waals surface area contributed by atoms with E-state index >= 15 is 0 Å². The Kier molecular flexibility index (Phi) is 7.46. The first-order valence-corrected chi connectivity index (χ1v) is 7.64.